The van der Waals surface area contributed by atoms with Crippen LogP contribution in [0.5, 0.6) is 0 Å². The van der Waals surface area contributed by atoms with E-state index in [2.05, 4.69) is 106 Å². The van der Waals surface area contributed by atoms with Crippen LogP contribution in [-0.2, 0) is 42.9 Å². The third-order valence-electron chi connectivity index (χ3n) is 14.4. The highest BCUT2D eigenvalue weighted by Gasteiger charge is 2.50. The standard InChI is InChI=1S/C69H116O12/c1-4-7-10-13-16-19-22-25-27-29-31-33-35-38-40-43-46-49-52-55-61(70)77-58-60(79-62(71)56-53-50-47-44-41-37-24-21-18-15-12-9-6-3)59-78-69-67(65(74)64(73)66(81-69)68(75)76)80-63(72)57-54-51-48-45-42-39-36-34-32-30-28-26-23-20-17-14-11-8-5-2/h8,11,16-17,19-21,24-28,32,34,60,64-67,69,73-74H,4-7,9-10,12-15,18,22-23,29-31,33,35-59H2,1-3H3,(H,75,76)/b11-8-,19-16-,20-17-,24-21-,27-25-,28-26-,34-32-. The lowest BCUT2D eigenvalue weighted by atomic mass is 9.98. The van der Waals surface area contributed by atoms with Gasteiger partial charge in [-0.25, -0.2) is 4.79 Å². The van der Waals surface area contributed by atoms with Gasteiger partial charge in [-0.1, -0.05) is 228 Å². The van der Waals surface area contributed by atoms with Crippen molar-refractivity contribution < 1.29 is 58.2 Å². The average molecular weight is 1140 g/mol. The molecule has 1 aliphatic rings. The minimum absolute atomic E-state index is 0.0407. The highest BCUT2D eigenvalue weighted by atomic mass is 16.7. The number of carbonyl (C=O) groups is 4. The molecule has 1 saturated heterocycles. The fourth-order valence-electron chi connectivity index (χ4n) is 9.44. The van der Waals surface area contributed by atoms with Gasteiger partial charge in [0.25, 0.3) is 0 Å². The largest absolute Gasteiger partial charge is 0.479 e. The van der Waals surface area contributed by atoms with Crippen LogP contribution in [0.15, 0.2) is 85.1 Å². The van der Waals surface area contributed by atoms with Crippen molar-refractivity contribution in [3.63, 3.8) is 0 Å². The number of aliphatic hydroxyl groups is 2. The third-order valence-corrected chi connectivity index (χ3v) is 14.4. The Balaban J connectivity index is 2.65. The number of carboxylic acid groups (broad SMARTS) is 1. The molecule has 0 aromatic rings. The Bertz CT molecular complexity index is 1730. The van der Waals surface area contributed by atoms with Gasteiger partial charge in [0.15, 0.2) is 24.6 Å². The van der Waals surface area contributed by atoms with Crippen LogP contribution < -0.4 is 0 Å². The molecule has 464 valence electrons. The number of rotatable bonds is 55. The highest BCUT2D eigenvalue weighted by molar-refractivity contribution is 5.74. The van der Waals surface area contributed by atoms with E-state index in [-0.39, 0.29) is 25.9 Å². The minimum Gasteiger partial charge on any atom is -0.479 e. The van der Waals surface area contributed by atoms with E-state index >= 15 is 0 Å². The predicted molar refractivity (Wildman–Crippen MR) is 331 cm³/mol. The number of hydrogen-bond donors (Lipinski definition) is 3. The van der Waals surface area contributed by atoms with E-state index in [4.69, 9.17) is 23.7 Å². The smallest absolute Gasteiger partial charge is 0.335 e. The van der Waals surface area contributed by atoms with Gasteiger partial charge in [-0.3, -0.25) is 14.4 Å². The summed E-state index contributed by atoms with van der Waals surface area (Å²) in [6, 6.07) is 0. The Morgan fingerprint density at radius 3 is 1.22 bits per heavy atom. The summed E-state index contributed by atoms with van der Waals surface area (Å²) < 4.78 is 28.5. The second kappa shape index (κ2) is 56.4. The van der Waals surface area contributed by atoms with Crippen LogP contribution in [0.25, 0.3) is 0 Å². The number of carboxylic acids is 1. The first-order chi connectivity index (χ1) is 39.6. The minimum atomic E-state index is -1.91. The molecule has 12 nitrogen and oxygen atoms in total. The second-order valence-electron chi connectivity index (χ2n) is 22.0. The van der Waals surface area contributed by atoms with Crippen LogP contribution in [0, 0.1) is 0 Å². The molecule has 12 heteroatoms. The van der Waals surface area contributed by atoms with Crippen molar-refractivity contribution in [2.45, 2.75) is 314 Å². The molecule has 0 bridgehead atoms. The zero-order valence-corrected chi connectivity index (χ0v) is 51.3. The van der Waals surface area contributed by atoms with E-state index in [1.165, 1.54) is 83.5 Å². The molecule has 0 spiro atoms. The van der Waals surface area contributed by atoms with E-state index in [1.807, 2.05) is 0 Å². The summed E-state index contributed by atoms with van der Waals surface area (Å²) in [4.78, 5) is 51.3. The average Bonchev–Trinajstić information content (AvgIpc) is 3.54. The maximum absolute atomic E-state index is 13.2. The van der Waals surface area contributed by atoms with Gasteiger partial charge < -0.3 is 39.0 Å². The maximum Gasteiger partial charge on any atom is 0.335 e. The van der Waals surface area contributed by atoms with Gasteiger partial charge >= 0.3 is 23.9 Å². The lowest BCUT2D eigenvalue weighted by Crippen LogP contribution is -2.61. The van der Waals surface area contributed by atoms with E-state index in [0.29, 0.717) is 19.3 Å². The zero-order chi connectivity index (χ0) is 58.9. The van der Waals surface area contributed by atoms with Gasteiger partial charge in [-0.05, 0) is 116 Å². The van der Waals surface area contributed by atoms with Crippen LogP contribution >= 0.6 is 0 Å². The van der Waals surface area contributed by atoms with Crippen molar-refractivity contribution >= 4 is 23.9 Å². The first kappa shape index (κ1) is 74.9. The van der Waals surface area contributed by atoms with Gasteiger partial charge in [0.05, 0.1) is 6.61 Å². The first-order valence-corrected chi connectivity index (χ1v) is 32.6. The van der Waals surface area contributed by atoms with Crippen LogP contribution in [0.2, 0.25) is 0 Å². The van der Waals surface area contributed by atoms with Gasteiger partial charge in [-0.15, -0.1) is 0 Å². The molecule has 0 amide bonds. The molecule has 6 atom stereocenters. The molecule has 0 aromatic carbocycles. The molecule has 3 N–H and O–H groups in total. The molecule has 1 heterocycles. The molecule has 1 rings (SSSR count). The predicted octanol–water partition coefficient (Wildman–Crippen LogP) is 17.5. The van der Waals surface area contributed by atoms with E-state index in [1.54, 1.807) is 0 Å². The summed E-state index contributed by atoms with van der Waals surface area (Å²) in [7, 11) is 0. The van der Waals surface area contributed by atoms with Crippen molar-refractivity contribution in [3.8, 4) is 0 Å². The molecule has 0 aliphatic carbocycles. The summed E-state index contributed by atoms with van der Waals surface area (Å²) in [5.74, 6) is -3.15. The summed E-state index contributed by atoms with van der Waals surface area (Å²) in [6.07, 6.45) is 61.1. The Kier molecular flexibility index (Phi) is 52.1. The Morgan fingerprint density at radius 2 is 0.778 bits per heavy atom. The summed E-state index contributed by atoms with van der Waals surface area (Å²) >= 11 is 0. The maximum atomic E-state index is 13.2. The molecule has 1 fully saturated rings. The molecule has 0 aromatic heterocycles. The fourth-order valence-corrected chi connectivity index (χ4v) is 9.44. The molecular weight excluding hydrogens is 1020 g/mol. The fraction of sp³-hybridized carbons (Fsp3) is 0.739. The van der Waals surface area contributed by atoms with Crippen LogP contribution in [0.3, 0.4) is 0 Å². The van der Waals surface area contributed by atoms with Gasteiger partial charge in [0.2, 0.25) is 0 Å². The Labute approximate surface area is 492 Å². The number of hydrogen-bond acceptors (Lipinski definition) is 11. The van der Waals surface area contributed by atoms with Crippen LogP contribution in [0.4, 0.5) is 0 Å². The SMILES string of the molecule is CC/C=C\C/C=C\C/C=C\C/C=C\CCCCCCCCC(=O)OC1C(OCC(COC(=O)CCCCCCCCCCC/C=C\C/C=C\CCCCC)OC(=O)CCCCCCC/C=C\CCCCCC)OC(C(=O)O)C(O)C1O. The normalized spacial score (nSPS) is 18.3. The number of aliphatic carboxylic acids is 1. The highest BCUT2D eigenvalue weighted by Crippen LogP contribution is 2.27. The molecule has 1 aliphatic heterocycles. The third kappa shape index (κ3) is 46.0. The zero-order valence-electron chi connectivity index (χ0n) is 51.3. The number of allylic oxidation sites excluding steroid dienone is 14. The molecular formula is C69H116O12. The Morgan fingerprint density at radius 1 is 0.420 bits per heavy atom. The molecule has 81 heavy (non-hydrogen) atoms. The van der Waals surface area contributed by atoms with Crippen LogP contribution in [-0.4, -0.2) is 89.2 Å². The molecule has 0 radical (unpaired) electrons. The number of ether oxygens (including phenoxy) is 5. The van der Waals surface area contributed by atoms with E-state index < -0.39 is 67.3 Å². The molecule has 0 saturated carbocycles. The number of carbonyl (C=O) groups excluding carboxylic acids is 3. The molecule has 6 unspecified atom stereocenters. The van der Waals surface area contributed by atoms with E-state index in [0.717, 1.165) is 135 Å². The van der Waals surface area contributed by atoms with Crippen LogP contribution in [0.1, 0.15) is 278 Å². The van der Waals surface area contributed by atoms with Crippen molar-refractivity contribution in [1.29, 1.82) is 0 Å². The number of esters is 3. The first-order valence-electron chi connectivity index (χ1n) is 32.6. The topological polar surface area (TPSA) is 175 Å². The van der Waals surface area contributed by atoms with Gasteiger partial charge in [0, 0.05) is 19.3 Å². The Hall–Kier alpha value is -4.10. The van der Waals surface area contributed by atoms with Gasteiger partial charge in [0.1, 0.15) is 18.8 Å². The van der Waals surface area contributed by atoms with Crippen molar-refractivity contribution in [2.24, 2.45) is 0 Å². The van der Waals surface area contributed by atoms with E-state index in [9.17, 15) is 34.5 Å². The number of aliphatic hydroxyl groups excluding tert-OH is 2. The summed E-state index contributed by atoms with van der Waals surface area (Å²) in [6.45, 7) is 5.85. The monoisotopic (exact) mass is 1140 g/mol. The van der Waals surface area contributed by atoms with Crippen molar-refractivity contribution in [2.75, 3.05) is 13.2 Å². The summed E-state index contributed by atoms with van der Waals surface area (Å²) in [5.41, 5.74) is 0. The quantitative estimate of drug-likeness (QED) is 0.0228. The van der Waals surface area contributed by atoms with Gasteiger partial charge in [-0.2, -0.15) is 0 Å². The number of unbranched alkanes of at least 4 members (excludes halogenated alkanes) is 27. The lowest BCUT2D eigenvalue weighted by molar-refractivity contribution is -0.301. The second-order valence-corrected chi connectivity index (χ2v) is 22.0. The van der Waals surface area contributed by atoms with Crippen molar-refractivity contribution in [3.05, 3.63) is 85.1 Å². The summed E-state index contributed by atoms with van der Waals surface area (Å²) in [5, 5.41) is 31.6. The van der Waals surface area contributed by atoms with Crippen molar-refractivity contribution in [1.82, 2.24) is 0 Å². The lowest BCUT2D eigenvalue weighted by Gasteiger charge is -2.40.